The fourth-order valence-corrected chi connectivity index (χ4v) is 4.68. The zero-order chi connectivity index (χ0) is 19.8. The molecule has 0 saturated carbocycles. The van der Waals surface area contributed by atoms with Gasteiger partial charge in [-0.2, -0.15) is 0 Å². The van der Waals surface area contributed by atoms with E-state index in [1.165, 1.54) is 0 Å². The van der Waals surface area contributed by atoms with E-state index in [4.69, 9.17) is 14.2 Å². The number of nitrogens with zero attached hydrogens (tertiary/aromatic N) is 1. The molecule has 152 valence electrons. The van der Waals surface area contributed by atoms with Crippen molar-refractivity contribution in [2.45, 2.75) is 43.5 Å². The van der Waals surface area contributed by atoms with Crippen molar-refractivity contribution in [2.24, 2.45) is 0 Å². The lowest BCUT2D eigenvalue weighted by Crippen LogP contribution is -2.52. The van der Waals surface area contributed by atoms with Gasteiger partial charge in [-0.25, -0.2) is 0 Å². The summed E-state index contributed by atoms with van der Waals surface area (Å²) in [5, 5.41) is 10.5. The molecule has 6 nitrogen and oxygen atoms in total. The molecule has 2 fully saturated rings. The Labute approximate surface area is 170 Å². The molecule has 2 atom stereocenters. The molecule has 1 N–H and O–H groups in total. The average molecular weight is 395 g/mol. The second-order valence-corrected chi connectivity index (χ2v) is 8.15. The first kappa shape index (κ1) is 18.5. The molecule has 3 aliphatic heterocycles. The van der Waals surface area contributed by atoms with Gasteiger partial charge in [0, 0.05) is 31.5 Å². The van der Waals surface area contributed by atoms with Gasteiger partial charge in [0.25, 0.3) is 5.91 Å². The largest absolute Gasteiger partial charge is 0.454 e. The second-order valence-electron chi connectivity index (χ2n) is 8.15. The standard InChI is InChI=1S/C23H25NO5/c25-18-13-20(16-4-2-1-3-5-16)29-23(14-18)8-10-24(11-9-23)22(26)17-6-7-19-21(12-17)28-15-27-19/h1-7,12,18,20,25H,8-11,13-15H2/t18-,20+/m0/s1. The molecular formula is C23H25NO5. The van der Waals surface area contributed by atoms with Crippen LogP contribution in [0.5, 0.6) is 11.5 Å². The van der Waals surface area contributed by atoms with Gasteiger partial charge < -0.3 is 24.2 Å². The number of carbonyl (C=O) groups is 1. The van der Waals surface area contributed by atoms with Crippen molar-refractivity contribution in [3.05, 3.63) is 59.7 Å². The zero-order valence-corrected chi connectivity index (χ0v) is 16.3. The van der Waals surface area contributed by atoms with Crippen molar-refractivity contribution in [1.29, 1.82) is 0 Å². The van der Waals surface area contributed by atoms with Crippen molar-refractivity contribution in [3.63, 3.8) is 0 Å². The molecule has 2 aromatic rings. The van der Waals surface area contributed by atoms with E-state index in [2.05, 4.69) is 12.1 Å². The number of benzene rings is 2. The van der Waals surface area contributed by atoms with Crippen molar-refractivity contribution in [3.8, 4) is 11.5 Å². The maximum atomic E-state index is 13.0. The van der Waals surface area contributed by atoms with Gasteiger partial charge in [0.15, 0.2) is 11.5 Å². The number of aliphatic hydroxyl groups excluding tert-OH is 1. The Hall–Kier alpha value is -2.57. The highest BCUT2D eigenvalue weighted by atomic mass is 16.7. The molecule has 0 bridgehead atoms. The van der Waals surface area contributed by atoms with E-state index in [1.54, 1.807) is 18.2 Å². The maximum absolute atomic E-state index is 13.0. The van der Waals surface area contributed by atoms with Gasteiger partial charge in [-0.3, -0.25) is 4.79 Å². The van der Waals surface area contributed by atoms with Crippen molar-refractivity contribution in [2.75, 3.05) is 19.9 Å². The summed E-state index contributed by atoms with van der Waals surface area (Å²) in [6, 6.07) is 15.4. The third-order valence-electron chi connectivity index (χ3n) is 6.24. The quantitative estimate of drug-likeness (QED) is 0.845. The Morgan fingerprint density at radius 1 is 1.03 bits per heavy atom. The summed E-state index contributed by atoms with van der Waals surface area (Å²) in [4.78, 5) is 14.8. The van der Waals surface area contributed by atoms with Crippen LogP contribution in [0, 0.1) is 0 Å². The second kappa shape index (κ2) is 7.35. The minimum atomic E-state index is -0.384. The molecule has 0 unspecified atom stereocenters. The monoisotopic (exact) mass is 395 g/mol. The van der Waals surface area contributed by atoms with Crippen LogP contribution in [0.3, 0.4) is 0 Å². The lowest BCUT2D eigenvalue weighted by molar-refractivity contribution is -0.181. The zero-order valence-electron chi connectivity index (χ0n) is 16.3. The number of aliphatic hydroxyl groups is 1. The van der Waals surface area contributed by atoms with E-state index < -0.39 is 0 Å². The first-order valence-corrected chi connectivity index (χ1v) is 10.2. The number of piperidine rings is 1. The summed E-state index contributed by atoms with van der Waals surface area (Å²) >= 11 is 0. The highest BCUT2D eigenvalue weighted by Crippen LogP contribution is 2.43. The maximum Gasteiger partial charge on any atom is 0.253 e. The van der Waals surface area contributed by atoms with Gasteiger partial charge in [0.2, 0.25) is 6.79 Å². The molecule has 3 aliphatic rings. The fourth-order valence-electron chi connectivity index (χ4n) is 4.68. The van der Waals surface area contributed by atoms with Crippen LogP contribution in [0.1, 0.15) is 47.7 Å². The van der Waals surface area contributed by atoms with E-state index in [9.17, 15) is 9.90 Å². The SMILES string of the molecule is O=C(c1ccc2c(c1)OCO2)N1CCC2(CC1)C[C@@H](O)C[C@H](c1ccccc1)O2. The topological polar surface area (TPSA) is 68.2 Å². The van der Waals surface area contributed by atoms with Crippen LogP contribution in [0.25, 0.3) is 0 Å². The van der Waals surface area contributed by atoms with E-state index in [1.807, 2.05) is 23.1 Å². The summed E-state index contributed by atoms with van der Waals surface area (Å²) in [6.45, 7) is 1.42. The molecule has 5 rings (SSSR count). The van der Waals surface area contributed by atoms with E-state index in [0.29, 0.717) is 43.0 Å². The molecule has 3 heterocycles. The van der Waals surface area contributed by atoms with Crippen LogP contribution in [0.15, 0.2) is 48.5 Å². The fraction of sp³-hybridized carbons (Fsp3) is 0.435. The molecule has 0 aromatic heterocycles. The first-order chi connectivity index (χ1) is 14.1. The van der Waals surface area contributed by atoms with Crippen molar-refractivity contribution in [1.82, 2.24) is 4.90 Å². The predicted octanol–water partition coefficient (Wildman–Crippen LogP) is 3.30. The molecule has 0 aliphatic carbocycles. The molecule has 6 heteroatoms. The third-order valence-corrected chi connectivity index (χ3v) is 6.24. The Kier molecular flexibility index (Phi) is 4.68. The predicted molar refractivity (Wildman–Crippen MR) is 106 cm³/mol. The van der Waals surface area contributed by atoms with Gasteiger partial charge >= 0.3 is 0 Å². The molecule has 1 spiro atoms. The van der Waals surface area contributed by atoms with E-state index in [-0.39, 0.29) is 30.5 Å². The minimum Gasteiger partial charge on any atom is -0.454 e. The third kappa shape index (κ3) is 3.58. The summed E-state index contributed by atoms with van der Waals surface area (Å²) in [7, 11) is 0. The van der Waals surface area contributed by atoms with Gasteiger partial charge in [-0.1, -0.05) is 30.3 Å². The number of carbonyl (C=O) groups excluding carboxylic acids is 1. The summed E-state index contributed by atoms with van der Waals surface area (Å²) in [5.41, 5.74) is 1.34. The summed E-state index contributed by atoms with van der Waals surface area (Å²) < 4.78 is 17.2. The molecule has 2 saturated heterocycles. The van der Waals surface area contributed by atoms with Crippen molar-refractivity contribution < 1.29 is 24.1 Å². The van der Waals surface area contributed by atoms with Crippen LogP contribution in [-0.2, 0) is 4.74 Å². The van der Waals surface area contributed by atoms with E-state index >= 15 is 0 Å². The van der Waals surface area contributed by atoms with Gasteiger partial charge in [-0.05, 0) is 36.6 Å². The number of ether oxygens (including phenoxy) is 3. The van der Waals surface area contributed by atoms with Crippen LogP contribution in [0.4, 0.5) is 0 Å². The highest BCUT2D eigenvalue weighted by molar-refractivity contribution is 5.95. The van der Waals surface area contributed by atoms with Crippen molar-refractivity contribution >= 4 is 5.91 Å². The molecule has 29 heavy (non-hydrogen) atoms. The minimum absolute atomic E-state index is 0.00545. The Bertz CT molecular complexity index is 891. The number of amides is 1. The normalized spacial score (nSPS) is 25.2. The first-order valence-electron chi connectivity index (χ1n) is 10.2. The highest BCUT2D eigenvalue weighted by Gasteiger charge is 2.44. The van der Waals surface area contributed by atoms with Crippen LogP contribution in [-0.4, -0.2) is 47.5 Å². The molecule has 0 radical (unpaired) electrons. The number of rotatable bonds is 2. The Morgan fingerprint density at radius 3 is 2.59 bits per heavy atom. The Morgan fingerprint density at radius 2 is 1.79 bits per heavy atom. The van der Waals surface area contributed by atoms with Gasteiger partial charge in [0.05, 0.1) is 17.8 Å². The van der Waals surface area contributed by atoms with Crippen LogP contribution in [0.2, 0.25) is 0 Å². The lowest BCUT2D eigenvalue weighted by atomic mass is 9.81. The average Bonchev–Trinajstić information content (AvgIpc) is 3.22. The van der Waals surface area contributed by atoms with Crippen LogP contribution < -0.4 is 9.47 Å². The number of hydrogen-bond donors (Lipinski definition) is 1. The Balaban J connectivity index is 1.27. The lowest BCUT2D eigenvalue weighted by Gasteiger charge is -2.48. The van der Waals surface area contributed by atoms with Crippen LogP contribution >= 0.6 is 0 Å². The summed E-state index contributed by atoms with van der Waals surface area (Å²) in [6.07, 6.45) is 2.21. The molecule has 2 aromatic carbocycles. The molecule has 1 amide bonds. The summed E-state index contributed by atoms with van der Waals surface area (Å²) in [5.74, 6) is 1.29. The van der Waals surface area contributed by atoms with E-state index in [0.717, 1.165) is 18.4 Å². The van der Waals surface area contributed by atoms with Gasteiger partial charge in [0.1, 0.15) is 0 Å². The van der Waals surface area contributed by atoms with Gasteiger partial charge in [-0.15, -0.1) is 0 Å². The number of hydrogen-bond acceptors (Lipinski definition) is 5. The number of likely N-dealkylation sites (tertiary alicyclic amines) is 1. The number of fused-ring (bicyclic) bond motifs is 1. The smallest absolute Gasteiger partial charge is 0.253 e. The molecular weight excluding hydrogens is 370 g/mol.